The normalized spacial score (nSPS) is 44.1. The molecule has 3 heteroatoms. The predicted molar refractivity (Wildman–Crippen MR) is 55.1 cm³/mol. The highest BCUT2D eigenvalue weighted by molar-refractivity contribution is 4.88. The lowest BCUT2D eigenvalue weighted by Gasteiger charge is -2.36. The summed E-state index contributed by atoms with van der Waals surface area (Å²) in [4.78, 5) is 2.48. The maximum Gasteiger partial charge on any atom is 0.111 e. The second kappa shape index (κ2) is 3.80. The van der Waals surface area contributed by atoms with Gasteiger partial charge in [0.1, 0.15) is 6.23 Å². The lowest BCUT2D eigenvalue weighted by molar-refractivity contribution is -0.0860. The van der Waals surface area contributed by atoms with E-state index in [-0.39, 0.29) is 0 Å². The summed E-state index contributed by atoms with van der Waals surface area (Å²) in [5.74, 6) is 0. The Balaban J connectivity index is 1.52. The highest BCUT2D eigenvalue weighted by Gasteiger charge is 2.36. The van der Waals surface area contributed by atoms with E-state index in [1.54, 1.807) is 0 Å². The van der Waals surface area contributed by atoms with Crippen LogP contribution in [0.2, 0.25) is 0 Å². The average Bonchev–Trinajstić information content (AvgIpc) is 2.65. The molecule has 0 bridgehead atoms. The molecule has 3 unspecified atom stereocenters. The number of ether oxygens (including phenoxy) is 1. The van der Waals surface area contributed by atoms with Gasteiger partial charge < -0.3 is 10.1 Å². The van der Waals surface area contributed by atoms with E-state index in [1.807, 2.05) is 0 Å². The minimum atomic E-state index is 0.455. The number of hydrogen-bond acceptors (Lipinski definition) is 3. The van der Waals surface area contributed by atoms with Crippen LogP contribution < -0.4 is 5.32 Å². The molecule has 3 rings (SSSR count). The molecule has 0 aliphatic carbocycles. The minimum Gasteiger partial charge on any atom is -0.358 e. The molecular weight excluding hydrogens is 176 g/mol. The fourth-order valence-electron chi connectivity index (χ4n) is 2.87. The predicted octanol–water partition coefficient (Wildman–Crippen LogP) is 0.949. The first-order chi connectivity index (χ1) is 6.93. The molecule has 0 aromatic carbocycles. The Morgan fingerprint density at radius 3 is 2.64 bits per heavy atom. The Morgan fingerprint density at radius 1 is 1.07 bits per heavy atom. The Bertz CT molecular complexity index is 199. The van der Waals surface area contributed by atoms with Gasteiger partial charge in [0, 0.05) is 19.1 Å². The van der Waals surface area contributed by atoms with Crippen LogP contribution in [-0.4, -0.2) is 42.9 Å². The molecule has 0 amide bonds. The zero-order chi connectivity index (χ0) is 9.38. The third-order valence-electron chi connectivity index (χ3n) is 3.88. The Kier molecular flexibility index (Phi) is 2.48. The first kappa shape index (κ1) is 9.13. The lowest BCUT2D eigenvalue weighted by Crippen LogP contribution is -2.46. The van der Waals surface area contributed by atoms with Gasteiger partial charge in [0.05, 0.1) is 6.10 Å². The molecule has 3 nitrogen and oxygen atoms in total. The van der Waals surface area contributed by atoms with E-state index < -0.39 is 0 Å². The highest BCUT2D eigenvalue weighted by Crippen LogP contribution is 2.29. The van der Waals surface area contributed by atoms with Crippen molar-refractivity contribution in [3.8, 4) is 0 Å². The van der Waals surface area contributed by atoms with Crippen LogP contribution in [0, 0.1) is 0 Å². The van der Waals surface area contributed by atoms with Crippen LogP contribution in [0.4, 0.5) is 0 Å². The fraction of sp³-hybridized carbons (Fsp3) is 1.00. The number of rotatable bonds is 2. The average molecular weight is 196 g/mol. The molecule has 3 fully saturated rings. The van der Waals surface area contributed by atoms with Crippen molar-refractivity contribution < 1.29 is 4.74 Å². The molecular formula is C11H20N2O. The maximum atomic E-state index is 6.11. The van der Waals surface area contributed by atoms with Gasteiger partial charge in [-0.15, -0.1) is 0 Å². The van der Waals surface area contributed by atoms with Gasteiger partial charge in [-0.3, -0.25) is 4.90 Å². The van der Waals surface area contributed by atoms with E-state index in [0.29, 0.717) is 18.4 Å². The van der Waals surface area contributed by atoms with Crippen LogP contribution in [-0.2, 0) is 4.74 Å². The number of nitrogens with one attached hydrogen (secondary N) is 1. The van der Waals surface area contributed by atoms with Crippen molar-refractivity contribution in [1.29, 1.82) is 0 Å². The fourth-order valence-corrected chi connectivity index (χ4v) is 2.87. The smallest absolute Gasteiger partial charge is 0.111 e. The van der Waals surface area contributed by atoms with Crippen LogP contribution in [0.3, 0.4) is 0 Å². The summed E-state index contributed by atoms with van der Waals surface area (Å²) in [6.45, 7) is 3.71. The van der Waals surface area contributed by atoms with E-state index in [1.165, 1.54) is 51.7 Å². The largest absolute Gasteiger partial charge is 0.358 e. The molecule has 14 heavy (non-hydrogen) atoms. The standard InChI is InChI=1S/C11H20N2O/c1-3-9(12-6-1)10-4-5-11(14-10)13-7-2-8-13/h9-12H,1-8H2. The van der Waals surface area contributed by atoms with Crippen LogP contribution in [0.1, 0.15) is 32.1 Å². The van der Waals surface area contributed by atoms with Crippen molar-refractivity contribution in [3.05, 3.63) is 0 Å². The van der Waals surface area contributed by atoms with Crippen molar-refractivity contribution in [2.24, 2.45) is 0 Å². The zero-order valence-corrected chi connectivity index (χ0v) is 8.74. The monoisotopic (exact) mass is 196 g/mol. The molecule has 0 radical (unpaired) electrons. The molecule has 0 aromatic heterocycles. The molecule has 0 spiro atoms. The molecule has 3 atom stereocenters. The van der Waals surface area contributed by atoms with Crippen LogP contribution in [0.5, 0.6) is 0 Å². The number of nitrogens with zero attached hydrogens (tertiary/aromatic N) is 1. The van der Waals surface area contributed by atoms with Gasteiger partial charge in [-0.1, -0.05) is 0 Å². The van der Waals surface area contributed by atoms with Crippen molar-refractivity contribution in [1.82, 2.24) is 10.2 Å². The SMILES string of the molecule is C1CNC(C2CCC(N3CCC3)O2)C1. The molecule has 0 aromatic rings. The molecule has 1 N–H and O–H groups in total. The summed E-state index contributed by atoms with van der Waals surface area (Å²) in [5, 5.41) is 3.55. The lowest BCUT2D eigenvalue weighted by atomic mass is 10.1. The summed E-state index contributed by atoms with van der Waals surface area (Å²) in [6.07, 6.45) is 7.49. The van der Waals surface area contributed by atoms with Crippen molar-refractivity contribution in [3.63, 3.8) is 0 Å². The second-order valence-electron chi connectivity index (χ2n) is 4.80. The Labute approximate surface area is 85.8 Å². The van der Waals surface area contributed by atoms with E-state index in [4.69, 9.17) is 4.74 Å². The van der Waals surface area contributed by atoms with E-state index in [2.05, 4.69) is 10.2 Å². The van der Waals surface area contributed by atoms with E-state index >= 15 is 0 Å². The molecule has 3 aliphatic rings. The van der Waals surface area contributed by atoms with E-state index in [9.17, 15) is 0 Å². The Hall–Kier alpha value is -0.120. The first-order valence-corrected chi connectivity index (χ1v) is 6.06. The molecule has 0 saturated carbocycles. The number of likely N-dealkylation sites (tertiary alicyclic amines) is 1. The van der Waals surface area contributed by atoms with Gasteiger partial charge in [0.2, 0.25) is 0 Å². The minimum absolute atomic E-state index is 0.455. The molecule has 3 aliphatic heterocycles. The van der Waals surface area contributed by atoms with Crippen molar-refractivity contribution >= 4 is 0 Å². The summed E-state index contributed by atoms with van der Waals surface area (Å²) in [5.41, 5.74) is 0. The molecule has 3 heterocycles. The van der Waals surface area contributed by atoms with Crippen molar-refractivity contribution in [2.75, 3.05) is 19.6 Å². The van der Waals surface area contributed by atoms with Gasteiger partial charge in [-0.25, -0.2) is 0 Å². The maximum absolute atomic E-state index is 6.11. The topological polar surface area (TPSA) is 24.5 Å². The summed E-state index contributed by atoms with van der Waals surface area (Å²) in [7, 11) is 0. The third kappa shape index (κ3) is 1.58. The van der Waals surface area contributed by atoms with Gasteiger partial charge >= 0.3 is 0 Å². The second-order valence-corrected chi connectivity index (χ2v) is 4.80. The van der Waals surface area contributed by atoms with Gasteiger partial charge in [-0.2, -0.15) is 0 Å². The quantitative estimate of drug-likeness (QED) is 0.711. The van der Waals surface area contributed by atoms with Crippen LogP contribution in [0.25, 0.3) is 0 Å². The first-order valence-electron chi connectivity index (χ1n) is 6.06. The molecule has 3 saturated heterocycles. The van der Waals surface area contributed by atoms with Gasteiger partial charge in [-0.05, 0) is 38.6 Å². The van der Waals surface area contributed by atoms with Crippen molar-refractivity contribution in [2.45, 2.75) is 50.5 Å². The third-order valence-corrected chi connectivity index (χ3v) is 3.88. The van der Waals surface area contributed by atoms with Gasteiger partial charge in [0.15, 0.2) is 0 Å². The summed E-state index contributed by atoms with van der Waals surface area (Å²) >= 11 is 0. The zero-order valence-electron chi connectivity index (χ0n) is 8.74. The van der Waals surface area contributed by atoms with Crippen LogP contribution in [0.15, 0.2) is 0 Å². The van der Waals surface area contributed by atoms with Crippen LogP contribution >= 0.6 is 0 Å². The Morgan fingerprint density at radius 2 is 2.00 bits per heavy atom. The highest BCUT2D eigenvalue weighted by atomic mass is 16.5. The summed E-state index contributed by atoms with van der Waals surface area (Å²) < 4.78 is 6.11. The summed E-state index contributed by atoms with van der Waals surface area (Å²) in [6, 6.07) is 0.654. The number of hydrogen-bond donors (Lipinski definition) is 1. The molecule has 80 valence electrons. The van der Waals surface area contributed by atoms with Gasteiger partial charge in [0.25, 0.3) is 0 Å². The van der Waals surface area contributed by atoms with E-state index in [0.717, 1.165) is 0 Å².